The van der Waals surface area contributed by atoms with Crippen LogP contribution in [0.2, 0.25) is 5.02 Å². The molecule has 1 aliphatic heterocycles. The molecule has 0 radical (unpaired) electrons. The summed E-state index contributed by atoms with van der Waals surface area (Å²) in [6.45, 7) is 1.00. The molecular formula is C18H18ClN3O3. The molecule has 0 unspecified atom stereocenters. The molecule has 3 amide bonds. The van der Waals surface area contributed by atoms with E-state index in [1.807, 2.05) is 6.07 Å². The van der Waals surface area contributed by atoms with E-state index in [0.717, 1.165) is 5.69 Å². The fourth-order valence-corrected chi connectivity index (χ4v) is 2.83. The van der Waals surface area contributed by atoms with E-state index in [4.69, 9.17) is 16.3 Å². The van der Waals surface area contributed by atoms with Crippen LogP contribution in [0.4, 0.5) is 16.2 Å². The summed E-state index contributed by atoms with van der Waals surface area (Å²) >= 11 is 5.88. The van der Waals surface area contributed by atoms with Crippen LogP contribution in [0.15, 0.2) is 48.5 Å². The Balaban J connectivity index is 1.62. The maximum Gasteiger partial charge on any atom is 0.325 e. The van der Waals surface area contributed by atoms with Gasteiger partial charge in [0.15, 0.2) is 0 Å². The molecule has 6 nitrogen and oxygen atoms in total. The number of methoxy groups -OCH3 is 1. The number of amides is 3. The largest absolute Gasteiger partial charge is 0.495 e. The summed E-state index contributed by atoms with van der Waals surface area (Å²) in [6, 6.07) is 14.0. The minimum Gasteiger partial charge on any atom is -0.495 e. The molecule has 0 aliphatic carbocycles. The van der Waals surface area contributed by atoms with E-state index in [2.05, 4.69) is 5.32 Å². The third-order valence-electron chi connectivity index (χ3n) is 3.95. The van der Waals surface area contributed by atoms with Crippen LogP contribution in [-0.2, 0) is 4.79 Å². The number of para-hydroxylation sites is 2. The summed E-state index contributed by atoms with van der Waals surface area (Å²) in [5.74, 6) is 0.308. The van der Waals surface area contributed by atoms with E-state index in [1.165, 1.54) is 4.90 Å². The normalized spacial score (nSPS) is 13.9. The van der Waals surface area contributed by atoms with Crippen LogP contribution >= 0.6 is 11.6 Å². The Kier molecular flexibility index (Phi) is 5.09. The standard InChI is InChI=1S/C18H18ClN3O3/c1-25-16-5-3-2-4-15(16)20-17(23)12-21-10-11-22(18(21)24)14-8-6-13(19)7-9-14/h2-9H,10-12H2,1H3,(H,20,23). The number of urea groups is 1. The van der Waals surface area contributed by atoms with E-state index in [-0.39, 0.29) is 18.5 Å². The molecule has 25 heavy (non-hydrogen) atoms. The quantitative estimate of drug-likeness (QED) is 0.891. The molecule has 0 aromatic heterocycles. The monoisotopic (exact) mass is 359 g/mol. The molecule has 2 aromatic rings. The molecule has 3 rings (SSSR count). The number of hydrogen-bond donors (Lipinski definition) is 1. The number of anilines is 2. The topological polar surface area (TPSA) is 61.9 Å². The number of nitrogens with one attached hydrogen (secondary N) is 1. The predicted octanol–water partition coefficient (Wildman–Crippen LogP) is 3.23. The smallest absolute Gasteiger partial charge is 0.325 e. The van der Waals surface area contributed by atoms with Crippen LogP contribution in [0.1, 0.15) is 0 Å². The van der Waals surface area contributed by atoms with Gasteiger partial charge in [-0.25, -0.2) is 4.79 Å². The minimum absolute atomic E-state index is 0.0129. The lowest BCUT2D eigenvalue weighted by molar-refractivity contribution is -0.116. The number of rotatable bonds is 5. The first-order chi connectivity index (χ1) is 12.1. The Morgan fingerprint density at radius 3 is 2.60 bits per heavy atom. The molecular weight excluding hydrogens is 342 g/mol. The van der Waals surface area contributed by atoms with Crippen molar-refractivity contribution in [2.45, 2.75) is 0 Å². The molecule has 0 bridgehead atoms. The third-order valence-corrected chi connectivity index (χ3v) is 4.20. The summed E-state index contributed by atoms with van der Waals surface area (Å²) in [5.41, 5.74) is 1.35. The molecule has 1 saturated heterocycles. The molecule has 2 aromatic carbocycles. The first kappa shape index (κ1) is 17.1. The van der Waals surface area contributed by atoms with Gasteiger partial charge in [-0.15, -0.1) is 0 Å². The molecule has 1 fully saturated rings. The van der Waals surface area contributed by atoms with Gasteiger partial charge in [0.1, 0.15) is 12.3 Å². The SMILES string of the molecule is COc1ccccc1NC(=O)CN1CCN(c2ccc(Cl)cc2)C1=O. The van der Waals surface area contributed by atoms with Gasteiger partial charge in [0.05, 0.1) is 12.8 Å². The maximum absolute atomic E-state index is 12.5. The highest BCUT2D eigenvalue weighted by atomic mass is 35.5. The number of nitrogens with zero attached hydrogens (tertiary/aromatic N) is 2. The van der Waals surface area contributed by atoms with Gasteiger partial charge in [0.25, 0.3) is 0 Å². The van der Waals surface area contributed by atoms with Gasteiger partial charge in [-0.1, -0.05) is 23.7 Å². The van der Waals surface area contributed by atoms with Crippen molar-refractivity contribution in [2.24, 2.45) is 0 Å². The second-order valence-electron chi connectivity index (χ2n) is 5.58. The van der Waals surface area contributed by atoms with Crippen LogP contribution in [0, 0.1) is 0 Å². The number of carbonyl (C=O) groups excluding carboxylic acids is 2. The number of halogens is 1. The number of carbonyl (C=O) groups is 2. The molecule has 130 valence electrons. The summed E-state index contributed by atoms with van der Waals surface area (Å²) in [5, 5.41) is 3.39. The van der Waals surface area contributed by atoms with E-state index in [0.29, 0.717) is 29.5 Å². The van der Waals surface area contributed by atoms with Crippen LogP contribution in [0.3, 0.4) is 0 Å². The third kappa shape index (κ3) is 3.85. The molecule has 1 aliphatic rings. The van der Waals surface area contributed by atoms with Gasteiger partial charge >= 0.3 is 6.03 Å². The van der Waals surface area contributed by atoms with Crippen molar-refractivity contribution in [3.63, 3.8) is 0 Å². The second-order valence-corrected chi connectivity index (χ2v) is 6.02. The fourth-order valence-electron chi connectivity index (χ4n) is 2.70. The number of ether oxygens (including phenoxy) is 1. The lowest BCUT2D eigenvalue weighted by Crippen LogP contribution is -2.37. The first-order valence-corrected chi connectivity index (χ1v) is 8.21. The molecule has 0 saturated carbocycles. The Morgan fingerprint density at radius 1 is 1.16 bits per heavy atom. The van der Waals surface area contributed by atoms with Crippen LogP contribution in [0.5, 0.6) is 5.75 Å². The number of hydrogen-bond acceptors (Lipinski definition) is 3. The fraction of sp³-hybridized carbons (Fsp3) is 0.222. The summed E-state index contributed by atoms with van der Waals surface area (Å²) in [7, 11) is 1.54. The molecule has 7 heteroatoms. The highest BCUT2D eigenvalue weighted by Gasteiger charge is 2.30. The zero-order valence-corrected chi connectivity index (χ0v) is 14.5. The van der Waals surface area contributed by atoms with Crippen LogP contribution in [0.25, 0.3) is 0 Å². The summed E-state index contributed by atoms with van der Waals surface area (Å²) in [4.78, 5) is 27.9. The second kappa shape index (κ2) is 7.44. The van der Waals surface area contributed by atoms with E-state index in [9.17, 15) is 9.59 Å². The van der Waals surface area contributed by atoms with Crippen molar-refractivity contribution in [3.05, 3.63) is 53.6 Å². The van der Waals surface area contributed by atoms with Gasteiger partial charge < -0.3 is 15.0 Å². The predicted molar refractivity (Wildman–Crippen MR) is 97.4 cm³/mol. The zero-order valence-electron chi connectivity index (χ0n) is 13.7. The van der Waals surface area contributed by atoms with Gasteiger partial charge in [-0.05, 0) is 36.4 Å². The van der Waals surface area contributed by atoms with Gasteiger partial charge in [0.2, 0.25) is 5.91 Å². The van der Waals surface area contributed by atoms with Crippen molar-refractivity contribution in [2.75, 3.05) is 37.0 Å². The molecule has 0 atom stereocenters. The van der Waals surface area contributed by atoms with Gasteiger partial charge in [0, 0.05) is 23.8 Å². The number of benzene rings is 2. The first-order valence-electron chi connectivity index (χ1n) is 7.83. The summed E-state index contributed by atoms with van der Waals surface area (Å²) in [6.07, 6.45) is 0. The molecule has 0 spiro atoms. The van der Waals surface area contributed by atoms with Crippen molar-refractivity contribution in [1.82, 2.24) is 4.90 Å². The van der Waals surface area contributed by atoms with Crippen molar-refractivity contribution in [1.29, 1.82) is 0 Å². The minimum atomic E-state index is -0.268. The average molecular weight is 360 g/mol. The Hall–Kier alpha value is -2.73. The lowest BCUT2D eigenvalue weighted by Gasteiger charge is -2.19. The van der Waals surface area contributed by atoms with Crippen molar-refractivity contribution < 1.29 is 14.3 Å². The zero-order chi connectivity index (χ0) is 17.8. The lowest BCUT2D eigenvalue weighted by atomic mass is 10.3. The molecule has 1 heterocycles. The Morgan fingerprint density at radius 2 is 1.88 bits per heavy atom. The highest BCUT2D eigenvalue weighted by molar-refractivity contribution is 6.30. The van der Waals surface area contributed by atoms with Crippen molar-refractivity contribution in [3.8, 4) is 5.75 Å². The van der Waals surface area contributed by atoms with E-state index < -0.39 is 0 Å². The van der Waals surface area contributed by atoms with Crippen LogP contribution in [-0.4, -0.2) is 43.6 Å². The van der Waals surface area contributed by atoms with Crippen LogP contribution < -0.4 is 15.0 Å². The summed E-state index contributed by atoms with van der Waals surface area (Å²) < 4.78 is 5.21. The Labute approximate surface area is 150 Å². The molecule has 1 N–H and O–H groups in total. The van der Waals surface area contributed by atoms with E-state index in [1.54, 1.807) is 54.5 Å². The maximum atomic E-state index is 12.5. The average Bonchev–Trinajstić information content (AvgIpc) is 2.97. The Bertz CT molecular complexity index is 779. The van der Waals surface area contributed by atoms with Gasteiger partial charge in [-0.2, -0.15) is 0 Å². The van der Waals surface area contributed by atoms with Crippen molar-refractivity contribution >= 4 is 34.9 Å². The highest BCUT2D eigenvalue weighted by Crippen LogP contribution is 2.24. The van der Waals surface area contributed by atoms with Gasteiger partial charge in [-0.3, -0.25) is 9.69 Å². The van der Waals surface area contributed by atoms with E-state index >= 15 is 0 Å².